The number of aryl methyl sites for hydroxylation is 1. The van der Waals surface area contributed by atoms with E-state index in [-0.39, 0.29) is 11.9 Å². The van der Waals surface area contributed by atoms with Crippen LogP contribution in [-0.2, 0) is 6.54 Å². The van der Waals surface area contributed by atoms with E-state index in [1.807, 2.05) is 31.2 Å². The van der Waals surface area contributed by atoms with Crippen LogP contribution in [0.15, 0.2) is 47.1 Å². The molecule has 1 aliphatic rings. The quantitative estimate of drug-likeness (QED) is 0.833. The Morgan fingerprint density at radius 1 is 1.04 bits per heavy atom. The second-order valence-corrected chi connectivity index (χ2v) is 6.09. The Bertz CT molecular complexity index is 704. The first-order valence-corrected chi connectivity index (χ1v) is 8.28. The number of carbonyl (C=O) groups is 2. The molecule has 1 aromatic carbocycles. The fourth-order valence-electron chi connectivity index (χ4n) is 2.70. The number of hydrazine groups is 1. The molecule has 25 heavy (non-hydrogen) atoms. The summed E-state index contributed by atoms with van der Waals surface area (Å²) in [4.78, 5) is 28.1. The molecule has 1 aromatic heterocycles. The monoisotopic (exact) mass is 342 g/mol. The van der Waals surface area contributed by atoms with Gasteiger partial charge in [-0.05, 0) is 31.2 Å². The highest BCUT2D eigenvalue weighted by atomic mass is 16.3. The van der Waals surface area contributed by atoms with Gasteiger partial charge < -0.3 is 9.32 Å². The predicted molar refractivity (Wildman–Crippen MR) is 92.7 cm³/mol. The second kappa shape index (κ2) is 7.85. The van der Waals surface area contributed by atoms with E-state index in [1.165, 1.54) is 0 Å². The summed E-state index contributed by atoms with van der Waals surface area (Å²) in [6.45, 7) is 5.43. The average molecular weight is 342 g/mol. The third kappa shape index (κ3) is 4.60. The fourth-order valence-corrected chi connectivity index (χ4v) is 2.70. The molecule has 0 bridgehead atoms. The lowest BCUT2D eigenvalue weighted by molar-refractivity contribution is 0.0917. The third-order valence-electron chi connectivity index (χ3n) is 4.22. The van der Waals surface area contributed by atoms with E-state index in [0.717, 1.165) is 31.0 Å². The van der Waals surface area contributed by atoms with Crippen molar-refractivity contribution in [1.29, 1.82) is 0 Å². The molecule has 0 radical (unpaired) electrons. The molecule has 1 saturated heterocycles. The van der Waals surface area contributed by atoms with Crippen molar-refractivity contribution in [3.63, 3.8) is 0 Å². The lowest BCUT2D eigenvalue weighted by atomic mass is 10.1. The summed E-state index contributed by atoms with van der Waals surface area (Å²) in [6.07, 6.45) is 1.66. The topological polar surface area (TPSA) is 77.8 Å². The number of rotatable bonds is 3. The Morgan fingerprint density at radius 2 is 1.76 bits per heavy atom. The van der Waals surface area contributed by atoms with E-state index in [2.05, 4.69) is 15.8 Å². The van der Waals surface area contributed by atoms with Gasteiger partial charge in [-0.2, -0.15) is 0 Å². The summed E-state index contributed by atoms with van der Waals surface area (Å²) in [5, 5.41) is 0. The molecular weight excluding hydrogens is 320 g/mol. The van der Waals surface area contributed by atoms with Gasteiger partial charge in [-0.15, -0.1) is 0 Å². The molecule has 0 aliphatic carbocycles. The second-order valence-electron chi connectivity index (χ2n) is 6.09. The molecule has 2 aromatic rings. The predicted octanol–water partition coefficient (Wildman–Crippen LogP) is 1.76. The van der Waals surface area contributed by atoms with Crippen LogP contribution < -0.4 is 10.9 Å². The van der Waals surface area contributed by atoms with Crippen molar-refractivity contribution in [3.8, 4) is 0 Å². The number of nitrogens with zero attached hydrogens (tertiary/aromatic N) is 2. The Labute approximate surface area is 146 Å². The number of piperazine rings is 1. The Kier molecular flexibility index (Phi) is 5.35. The smallest absolute Gasteiger partial charge is 0.336 e. The van der Waals surface area contributed by atoms with Crippen molar-refractivity contribution < 1.29 is 14.0 Å². The van der Waals surface area contributed by atoms with Crippen molar-refractivity contribution in [3.05, 3.63) is 59.5 Å². The van der Waals surface area contributed by atoms with E-state index < -0.39 is 0 Å². The van der Waals surface area contributed by atoms with Crippen LogP contribution in [-0.4, -0.2) is 47.9 Å². The lowest BCUT2D eigenvalue weighted by Crippen LogP contribution is -2.54. The first kappa shape index (κ1) is 17.0. The summed E-state index contributed by atoms with van der Waals surface area (Å²) in [5.74, 6) is 0.591. The van der Waals surface area contributed by atoms with Crippen LogP contribution in [0.1, 0.15) is 21.7 Å². The van der Waals surface area contributed by atoms with Crippen molar-refractivity contribution in [2.75, 3.05) is 26.2 Å². The van der Waals surface area contributed by atoms with Crippen molar-refractivity contribution >= 4 is 11.9 Å². The van der Waals surface area contributed by atoms with Crippen LogP contribution in [0, 0.1) is 6.92 Å². The molecule has 2 N–H and O–H groups in total. The molecular formula is C18H22N4O3. The van der Waals surface area contributed by atoms with Gasteiger partial charge in [0.2, 0.25) is 0 Å². The first-order chi connectivity index (χ1) is 12.1. The molecule has 0 saturated carbocycles. The minimum absolute atomic E-state index is 0.293. The number of carbonyl (C=O) groups excluding carboxylic acids is 2. The maximum atomic E-state index is 12.2. The molecule has 0 unspecified atom stereocenters. The van der Waals surface area contributed by atoms with Gasteiger partial charge in [0.25, 0.3) is 5.91 Å². The zero-order valence-electron chi connectivity index (χ0n) is 14.2. The zero-order valence-corrected chi connectivity index (χ0v) is 14.2. The number of furan rings is 1. The summed E-state index contributed by atoms with van der Waals surface area (Å²) in [5.41, 5.74) is 6.52. The summed E-state index contributed by atoms with van der Waals surface area (Å²) in [7, 11) is 0. The zero-order chi connectivity index (χ0) is 17.6. The van der Waals surface area contributed by atoms with Crippen molar-refractivity contribution in [2.24, 2.45) is 0 Å². The van der Waals surface area contributed by atoms with E-state index in [0.29, 0.717) is 18.7 Å². The van der Waals surface area contributed by atoms with Crippen LogP contribution in [0.4, 0.5) is 4.79 Å². The highest BCUT2D eigenvalue weighted by Gasteiger charge is 2.22. The van der Waals surface area contributed by atoms with Gasteiger partial charge in [0.05, 0.1) is 12.8 Å². The van der Waals surface area contributed by atoms with Gasteiger partial charge in [0.1, 0.15) is 5.76 Å². The van der Waals surface area contributed by atoms with Crippen LogP contribution in [0.25, 0.3) is 0 Å². The number of nitrogens with one attached hydrogen (secondary N) is 2. The Balaban J connectivity index is 1.42. The highest BCUT2D eigenvalue weighted by Crippen LogP contribution is 2.09. The third-order valence-corrected chi connectivity index (χ3v) is 4.22. The first-order valence-electron chi connectivity index (χ1n) is 8.28. The molecule has 3 amide bonds. The van der Waals surface area contributed by atoms with Gasteiger partial charge in [-0.1, -0.05) is 17.7 Å². The van der Waals surface area contributed by atoms with Gasteiger partial charge in [-0.3, -0.25) is 15.1 Å². The van der Waals surface area contributed by atoms with Crippen LogP contribution in [0.3, 0.4) is 0 Å². The normalized spacial score (nSPS) is 15.0. The van der Waals surface area contributed by atoms with Gasteiger partial charge in [0, 0.05) is 31.7 Å². The molecule has 1 aliphatic heterocycles. The molecule has 0 spiro atoms. The summed E-state index contributed by atoms with van der Waals surface area (Å²) in [6, 6.07) is 10.7. The molecule has 1 fully saturated rings. The maximum Gasteiger partial charge on any atom is 0.336 e. The van der Waals surface area contributed by atoms with Crippen molar-refractivity contribution in [1.82, 2.24) is 20.7 Å². The molecule has 2 heterocycles. The number of urea groups is 1. The van der Waals surface area contributed by atoms with Crippen LogP contribution >= 0.6 is 0 Å². The standard InChI is InChI=1S/C18H22N4O3/c1-14-4-6-15(7-5-14)17(23)19-20-18(24)22-10-8-21(9-11-22)13-16-3-2-12-25-16/h2-7,12H,8-11,13H2,1H3,(H,19,23)(H,20,24). The summed E-state index contributed by atoms with van der Waals surface area (Å²) >= 11 is 0. The minimum atomic E-state index is -0.329. The fraction of sp³-hybridized carbons (Fsp3) is 0.333. The highest BCUT2D eigenvalue weighted by molar-refractivity contribution is 5.95. The number of amides is 3. The van der Waals surface area contributed by atoms with E-state index in [9.17, 15) is 9.59 Å². The van der Waals surface area contributed by atoms with Gasteiger partial charge >= 0.3 is 6.03 Å². The number of benzene rings is 1. The Morgan fingerprint density at radius 3 is 2.40 bits per heavy atom. The van der Waals surface area contributed by atoms with E-state index in [4.69, 9.17) is 4.42 Å². The average Bonchev–Trinajstić information content (AvgIpc) is 3.13. The molecule has 7 nitrogen and oxygen atoms in total. The van der Waals surface area contributed by atoms with Crippen LogP contribution in [0.2, 0.25) is 0 Å². The maximum absolute atomic E-state index is 12.2. The lowest BCUT2D eigenvalue weighted by Gasteiger charge is -2.34. The number of hydrogen-bond acceptors (Lipinski definition) is 4. The van der Waals surface area contributed by atoms with Crippen LogP contribution in [0.5, 0.6) is 0 Å². The van der Waals surface area contributed by atoms with Gasteiger partial charge in [0.15, 0.2) is 0 Å². The van der Waals surface area contributed by atoms with E-state index in [1.54, 1.807) is 23.3 Å². The molecule has 0 atom stereocenters. The molecule has 132 valence electrons. The SMILES string of the molecule is Cc1ccc(C(=O)NNC(=O)N2CCN(Cc3ccco3)CC2)cc1. The largest absolute Gasteiger partial charge is 0.468 e. The Hall–Kier alpha value is -2.80. The van der Waals surface area contributed by atoms with Gasteiger partial charge in [-0.25, -0.2) is 10.2 Å². The van der Waals surface area contributed by atoms with E-state index >= 15 is 0 Å². The molecule has 3 rings (SSSR count). The number of hydrogen-bond donors (Lipinski definition) is 2. The molecule has 7 heteroatoms. The summed E-state index contributed by atoms with van der Waals surface area (Å²) < 4.78 is 5.34. The van der Waals surface area contributed by atoms with Crippen molar-refractivity contribution in [2.45, 2.75) is 13.5 Å². The minimum Gasteiger partial charge on any atom is -0.468 e.